The van der Waals surface area contributed by atoms with Gasteiger partial charge in [0.05, 0.1) is 0 Å². The number of aromatic amines is 1. The maximum atomic E-state index is 11.6. The van der Waals surface area contributed by atoms with Crippen LogP contribution >= 0.6 is 0 Å². The average Bonchev–Trinajstić information content (AvgIpc) is 2.18. The lowest BCUT2D eigenvalue weighted by molar-refractivity contribution is 0.0929. The van der Waals surface area contributed by atoms with Gasteiger partial charge < -0.3 is 10.3 Å². The molecular weight excluding hydrogens is 192 g/mol. The zero-order chi connectivity index (χ0) is 11.4. The van der Waals surface area contributed by atoms with E-state index in [1.165, 1.54) is 12.3 Å². The van der Waals surface area contributed by atoms with Gasteiger partial charge in [0.1, 0.15) is 5.56 Å². The minimum Gasteiger partial charge on any atom is -0.349 e. The molecule has 15 heavy (non-hydrogen) atoms. The van der Waals surface area contributed by atoms with E-state index in [4.69, 9.17) is 0 Å². The van der Waals surface area contributed by atoms with Gasteiger partial charge in [-0.1, -0.05) is 13.8 Å². The van der Waals surface area contributed by atoms with Crippen molar-refractivity contribution in [3.63, 3.8) is 0 Å². The average molecular weight is 208 g/mol. The first-order valence-electron chi connectivity index (χ1n) is 5.01. The van der Waals surface area contributed by atoms with Gasteiger partial charge >= 0.3 is 0 Å². The third-order valence-electron chi connectivity index (χ3n) is 2.42. The standard InChI is InChI=1S/C11H16N2O2/c1-7(2)8(3)13-11(15)9-5-4-6-12-10(9)14/h4-8H,1-3H3,(H,12,14)(H,13,15). The van der Waals surface area contributed by atoms with Crippen LogP contribution in [0.5, 0.6) is 0 Å². The van der Waals surface area contributed by atoms with Crippen LogP contribution in [-0.4, -0.2) is 16.9 Å². The van der Waals surface area contributed by atoms with E-state index in [2.05, 4.69) is 10.3 Å². The first kappa shape index (κ1) is 11.5. The van der Waals surface area contributed by atoms with Gasteiger partial charge in [-0.15, -0.1) is 0 Å². The number of carbonyl (C=O) groups excluding carboxylic acids is 1. The third-order valence-corrected chi connectivity index (χ3v) is 2.42. The number of H-pyrrole nitrogens is 1. The van der Waals surface area contributed by atoms with Gasteiger partial charge in [-0.3, -0.25) is 9.59 Å². The smallest absolute Gasteiger partial charge is 0.260 e. The van der Waals surface area contributed by atoms with Crippen molar-refractivity contribution < 1.29 is 4.79 Å². The molecule has 2 N–H and O–H groups in total. The Morgan fingerprint density at radius 3 is 2.60 bits per heavy atom. The maximum absolute atomic E-state index is 11.6. The molecule has 0 aliphatic rings. The van der Waals surface area contributed by atoms with Crippen molar-refractivity contribution in [3.8, 4) is 0 Å². The summed E-state index contributed by atoms with van der Waals surface area (Å²) in [4.78, 5) is 25.4. The molecular formula is C11H16N2O2. The minimum absolute atomic E-state index is 0.0529. The second kappa shape index (κ2) is 4.77. The van der Waals surface area contributed by atoms with Crippen molar-refractivity contribution in [1.29, 1.82) is 0 Å². The molecule has 0 saturated carbocycles. The number of rotatable bonds is 3. The van der Waals surface area contributed by atoms with E-state index >= 15 is 0 Å². The largest absolute Gasteiger partial charge is 0.349 e. The van der Waals surface area contributed by atoms with Gasteiger partial charge in [0.2, 0.25) is 0 Å². The molecule has 1 unspecified atom stereocenters. The van der Waals surface area contributed by atoms with Crippen molar-refractivity contribution in [2.24, 2.45) is 5.92 Å². The molecule has 0 aliphatic heterocycles. The lowest BCUT2D eigenvalue weighted by atomic mass is 10.1. The Balaban J connectivity index is 2.79. The van der Waals surface area contributed by atoms with Crippen molar-refractivity contribution in [2.75, 3.05) is 0 Å². The number of carbonyl (C=O) groups is 1. The van der Waals surface area contributed by atoms with Gasteiger partial charge in [-0.25, -0.2) is 0 Å². The third kappa shape index (κ3) is 2.94. The number of pyridine rings is 1. The lowest BCUT2D eigenvalue weighted by Gasteiger charge is -2.16. The molecule has 1 rings (SSSR count). The highest BCUT2D eigenvalue weighted by atomic mass is 16.2. The lowest BCUT2D eigenvalue weighted by Crippen LogP contribution is -2.38. The number of hydrogen-bond acceptors (Lipinski definition) is 2. The number of nitrogens with one attached hydrogen (secondary N) is 2. The zero-order valence-electron chi connectivity index (χ0n) is 9.20. The fourth-order valence-electron chi connectivity index (χ4n) is 1.05. The predicted molar refractivity (Wildman–Crippen MR) is 58.8 cm³/mol. The van der Waals surface area contributed by atoms with E-state index in [1.807, 2.05) is 20.8 Å². The molecule has 4 nitrogen and oxygen atoms in total. The number of aromatic nitrogens is 1. The maximum Gasteiger partial charge on any atom is 0.260 e. The quantitative estimate of drug-likeness (QED) is 0.782. The van der Waals surface area contributed by atoms with Crippen LogP contribution in [0.3, 0.4) is 0 Å². The molecule has 1 aromatic heterocycles. The molecule has 0 fully saturated rings. The van der Waals surface area contributed by atoms with Crippen LogP contribution in [0.25, 0.3) is 0 Å². The molecule has 0 radical (unpaired) electrons. The van der Waals surface area contributed by atoms with E-state index < -0.39 is 0 Å². The fourth-order valence-corrected chi connectivity index (χ4v) is 1.05. The second-order valence-corrected chi connectivity index (χ2v) is 3.92. The van der Waals surface area contributed by atoms with Gasteiger partial charge in [0, 0.05) is 12.2 Å². The van der Waals surface area contributed by atoms with E-state index in [-0.39, 0.29) is 23.1 Å². The summed E-state index contributed by atoms with van der Waals surface area (Å²) in [5.41, 5.74) is -0.198. The van der Waals surface area contributed by atoms with Crippen molar-refractivity contribution in [3.05, 3.63) is 34.2 Å². The van der Waals surface area contributed by atoms with Crippen molar-refractivity contribution in [1.82, 2.24) is 10.3 Å². The Hall–Kier alpha value is -1.58. The Morgan fingerprint density at radius 1 is 1.40 bits per heavy atom. The molecule has 0 bridgehead atoms. The predicted octanol–water partition coefficient (Wildman–Crippen LogP) is 1.15. The van der Waals surface area contributed by atoms with E-state index in [1.54, 1.807) is 6.07 Å². The Bertz CT molecular complexity index is 396. The highest BCUT2D eigenvalue weighted by Crippen LogP contribution is 2.00. The summed E-state index contributed by atoms with van der Waals surface area (Å²) in [5.74, 6) is 0.0230. The summed E-state index contributed by atoms with van der Waals surface area (Å²) in [6, 6.07) is 3.20. The highest BCUT2D eigenvalue weighted by molar-refractivity contribution is 5.93. The SMILES string of the molecule is CC(C)C(C)NC(=O)c1ccc[nH]c1=O. The summed E-state index contributed by atoms with van der Waals surface area (Å²) in [5, 5.41) is 2.78. The van der Waals surface area contributed by atoms with Crippen LogP contribution in [0.15, 0.2) is 23.1 Å². The van der Waals surface area contributed by atoms with Crippen LogP contribution in [0.4, 0.5) is 0 Å². The zero-order valence-corrected chi connectivity index (χ0v) is 9.20. The first-order valence-corrected chi connectivity index (χ1v) is 5.01. The van der Waals surface area contributed by atoms with Crippen LogP contribution in [-0.2, 0) is 0 Å². The topological polar surface area (TPSA) is 62.0 Å². The van der Waals surface area contributed by atoms with Crippen LogP contribution in [0.1, 0.15) is 31.1 Å². The summed E-state index contributed by atoms with van der Waals surface area (Å²) in [6.07, 6.45) is 1.50. The van der Waals surface area contributed by atoms with Crippen molar-refractivity contribution >= 4 is 5.91 Å². The summed E-state index contributed by atoms with van der Waals surface area (Å²) < 4.78 is 0. The Kier molecular flexibility index (Phi) is 3.66. The van der Waals surface area contributed by atoms with Crippen LogP contribution in [0, 0.1) is 5.92 Å². The fraction of sp³-hybridized carbons (Fsp3) is 0.455. The van der Waals surface area contributed by atoms with Crippen molar-refractivity contribution in [2.45, 2.75) is 26.8 Å². The van der Waals surface area contributed by atoms with Gasteiger partial charge in [-0.05, 0) is 25.0 Å². The van der Waals surface area contributed by atoms with E-state index in [0.29, 0.717) is 5.92 Å². The summed E-state index contributed by atoms with van der Waals surface area (Å²) >= 11 is 0. The molecule has 82 valence electrons. The van der Waals surface area contributed by atoms with Crippen LogP contribution < -0.4 is 10.9 Å². The van der Waals surface area contributed by atoms with E-state index in [9.17, 15) is 9.59 Å². The number of amides is 1. The first-order chi connectivity index (χ1) is 7.02. The molecule has 1 heterocycles. The molecule has 4 heteroatoms. The van der Waals surface area contributed by atoms with Crippen LogP contribution in [0.2, 0.25) is 0 Å². The summed E-state index contributed by atoms with van der Waals surface area (Å²) in [6.45, 7) is 5.94. The Labute approximate surface area is 88.7 Å². The summed E-state index contributed by atoms with van der Waals surface area (Å²) in [7, 11) is 0. The molecule has 0 aromatic carbocycles. The minimum atomic E-state index is -0.356. The molecule has 0 aliphatic carbocycles. The Morgan fingerprint density at radius 2 is 2.07 bits per heavy atom. The normalized spacial score (nSPS) is 12.5. The van der Waals surface area contributed by atoms with E-state index in [0.717, 1.165) is 0 Å². The van der Waals surface area contributed by atoms with Gasteiger partial charge in [-0.2, -0.15) is 0 Å². The molecule has 1 atom stereocenters. The number of hydrogen-bond donors (Lipinski definition) is 2. The van der Waals surface area contributed by atoms with Gasteiger partial charge in [0.15, 0.2) is 0 Å². The molecule has 0 saturated heterocycles. The van der Waals surface area contributed by atoms with Gasteiger partial charge in [0.25, 0.3) is 11.5 Å². The molecule has 1 aromatic rings. The highest BCUT2D eigenvalue weighted by Gasteiger charge is 2.14. The second-order valence-electron chi connectivity index (χ2n) is 3.92. The molecule has 1 amide bonds. The monoisotopic (exact) mass is 208 g/mol. The molecule has 0 spiro atoms.